The standard InChI is InChI=1S/C24H20N6O6/c1-11-7-13(3-5-17(11)25-9-15-19(31)27-23(35)28-20(15)32)14-4-6-18(12(2)8-14)26-10-16-21(33)29-24(36)30-22(16)34/h3-10,15-16H,1-2H3,(H2,27,28,31,32,35)(H2,29,30,33,34,36). The van der Waals surface area contributed by atoms with Crippen LogP contribution in [0.25, 0.3) is 11.1 Å². The van der Waals surface area contributed by atoms with E-state index < -0.39 is 47.5 Å². The molecule has 8 amide bonds. The van der Waals surface area contributed by atoms with E-state index in [4.69, 9.17) is 0 Å². The summed E-state index contributed by atoms with van der Waals surface area (Å²) in [4.78, 5) is 78.2. The van der Waals surface area contributed by atoms with Gasteiger partial charge < -0.3 is 0 Å². The van der Waals surface area contributed by atoms with Crippen molar-refractivity contribution in [3.05, 3.63) is 47.5 Å². The molecule has 2 aliphatic rings. The second-order valence-electron chi connectivity index (χ2n) is 8.13. The summed E-state index contributed by atoms with van der Waals surface area (Å²) in [7, 11) is 0. The highest BCUT2D eigenvalue weighted by atomic mass is 16.2. The summed E-state index contributed by atoms with van der Waals surface area (Å²) < 4.78 is 0. The van der Waals surface area contributed by atoms with E-state index in [0.717, 1.165) is 22.3 Å². The number of benzene rings is 2. The third-order valence-corrected chi connectivity index (χ3v) is 5.53. The number of carbonyl (C=O) groups is 6. The Kier molecular flexibility index (Phi) is 6.50. The Hall–Kier alpha value is -5.00. The van der Waals surface area contributed by atoms with Gasteiger partial charge in [0.15, 0.2) is 11.8 Å². The van der Waals surface area contributed by atoms with E-state index in [-0.39, 0.29) is 0 Å². The zero-order valence-corrected chi connectivity index (χ0v) is 19.1. The molecule has 4 rings (SSSR count). The van der Waals surface area contributed by atoms with E-state index in [0.29, 0.717) is 11.4 Å². The molecule has 0 saturated carbocycles. The first kappa shape index (κ1) is 24.1. The highest BCUT2D eigenvalue weighted by Crippen LogP contribution is 2.30. The first-order valence-corrected chi connectivity index (χ1v) is 10.7. The van der Waals surface area contributed by atoms with Crippen LogP contribution in [0.2, 0.25) is 0 Å². The van der Waals surface area contributed by atoms with Crippen LogP contribution in [-0.4, -0.2) is 48.1 Å². The van der Waals surface area contributed by atoms with Gasteiger partial charge in [-0.05, 0) is 60.4 Å². The molecule has 0 aliphatic carbocycles. The number of amides is 8. The molecule has 0 spiro atoms. The van der Waals surface area contributed by atoms with Crippen LogP contribution < -0.4 is 21.3 Å². The summed E-state index contributed by atoms with van der Waals surface area (Å²) in [6.07, 6.45) is 2.39. The van der Waals surface area contributed by atoms with Crippen LogP contribution in [-0.2, 0) is 19.2 Å². The average Bonchev–Trinajstić information content (AvgIpc) is 2.79. The largest absolute Gasteiger partial charge is 0.328 e. The zero-order valence-electron chi connectivity index (χ0n) is 19.1. The van der Waals surface area contributed by atoms with Crippen LogP contribution in [0.4, 0.5) is 21.0 Å². The molecule has 0 unspecified atom stereocenters. The minimum atomic E-state index is -1.20. The van der Waals surface area contributed by atoms with E-state index in [9.17, 15) is 28.8 Å². The SMILES string of the molecule is Cc1cc(-c2ccc(N=CC3C(=O)NC(=O)NC3=O)c(C)c2)ccc1N=CC1C(=O)NC(=O)NC1=O. The van der Waals surface area contributed by atoms with E-state index in [2.05, 4.69) is 9.98 Å². The second-order valence-corrected chi connectivity index (χ2v) is 8.13. The Morgan fingerprint density at radius 2 is 0.917 bits per heavy atom. The van der Waals surface area contributed by atoms with Gasteiger partial charge in [0.25, 0.3) is 0 Å². The molecule has 0 atom stereocenters. The lowest BCUT2D eigenvalue weighted by Gasteiger charge is -2.17. The van der Waals surface area contributed by atoms with E-state index >= 15 is 0 Å². The Labute approximate surface area is 204 Å². The Balaban J connectivity index is 1.49. The molecule has 2 saturated heterocycles. The first-order chi connectivity index (χ1) is 17.1. The number of aliphatic imine (C=N–C) groups is 2. The van der Waals surface area contributed by atoms with Gasteiger partial charge in [0.05, 0.1) is 11.4 Å². The molecule has 12 heteroatoms. The maximum Gasteiger partial charge on any atom is 0.328 e. The number of carbonyl (C=O) groups excluding carboxylic acids is 6. The molecule has 36 heavy (non-hydrogen) atoms. The lowest BCUT2D eigenvalue weighted by molar-refractivity contribution is -0.134. The van der Waals surface area contributed by atoms with Crippen molar-refractivity contribution in [1.82, 2.24) is 21.3 Å². The van der Waals surface area contributed by atoms with Gasteiger partial charge in [-0.25, -0.2) is 9.59 Å². The Morgan fingerprint density at radius 1 is 0.583 bits per heavy atom. The molecule has 0 bridgehead atoms. The molecule has 2 aromatic rings. The second kappa shape index (κ2) is 9.70. The predicted octanol–water partition coefficient (Wildman–Crippen LogP) is 1.34. The molecule has 0 aromatic heterocycles. The summed E-state index contributed by atoms with van der Waals surface area (Å²) in [6.45, 7) is 3.66. The lowest BCUT2D eigenvalue weighted by Crippen LogP contribution is -2.56. The van der Waals surface area contributed by atoms with Crippen molar-refractivity contribution in [2.45, 2.75) is 13.8 Å². The lowest BCUT2D eigenvalue weighted by atomic mass is 10.00. The number of barbiturate groups is 2. The number of rotatable bonds is 5. The predicted molar refractivity (Wildman–Crippen MR) is 128 cm³/mol. The van der Waals surface area contributed by atoms with Gasteiger partial charge in [0, 0.05) is 12.4 Å². The molecule has 0 radical (unpaired) electrons. The fourth-order valence-electron chi connectivity index (χ4n) is 3.60. The van der Waals surface area contributed by atoms with Crippen LogP contribution in [0.15, 0.2) is 46.4 Å². The van der Waals surface area contributed by atoms with Crippen LogP contribution in [0.5, 0.6) is 0 Å². The monoisotopic (exact) mass is 488 g/mol. The average molecular weight is 488 g/mol. The first-order valence-electron chi connectivity index (χ1n) is 10.7. The van der Waals surface area contributed by atoms with Crippen LogP contribution >= 0.6 is 0 Å². The zero-order chi connectivity index (χ0) is 26.0. The van der Waals surface area contributed by atoms with Crippen LogP contribution in [0.3, 0.4) is 0 Å². The number of nitrogens with one attached hydrogen (secondary N) is 4. The number of urea groups is 2. The maximum absolute atomic E-state index is 11.9. The smallest absolute Gasteiger partial charge is 0.277 e. The molecule has 12 nitrogen and oxygen atoms in total. The highest BCUT2D eigenvalue weighted by Gasteiger charge is 2.33. The summed E-state index contributed by atoms with van der Waals surface area (Å²) in [5.74, 6) is -5.36. The van der Waals surface area contributed by atoms with Crippen molar-refractivity contribution >= 4 is 59.5 Å². The van der Waals surface area contributed by atoms with Gasteiger partial charge in [-0.1, -0.05) is 12.1 Å². The maximum atomic E-state index is 11.9. The van der Waals surface area contributed by atoms with Crippen molar-refractivity contribution in [3.8, 4) is 11.1 Å². The van der Waals surface area contributed by atoms with E-state index in [1.54, 1.807) is 12.1 Å². The summed E-state index contributed by atoms with van der Waals surface area (Å²) in [5, 5.41) is 8.08. The Bertz CT molecular complexity index is 1250. The molecular formula is C24H20N6O6. The Morgan fingerprint density at radius 3 is 1.22 bits per heavy atom. The number of hydrogen-bond acceptors (Lipinski definition) is 8. The third kappa shape index (κ3) is 5.06. The fourth-order valence-corrected chi connectivity index (χ4v) is 3.60. The van der Waals surface area contributed by atoms with Crippen LogP contribution in [0, 0.1) is 25.7 Å². The van der Waals surface area contributed by atoms with Gasteiger partial charge in [-0.3, -0.25) is 50.4 Å². The number of imide groups is 4. The highest BCUT2D eigenvalue weighted by molar-refractivity contribution is 6.24. The topological polar surface area (TPSA) is 175 Å². The van der Waals surface area contributed by atoms with Crippen molar-refractivity contribution in [2.24, 2.45) is 21.8 Å². The van der Waals surface area contributed by atoms with E-state index in [1.165, 1.54) is 12.4 Å². The fraction of sp³-hybridized carbons (Fsp3) is 0.167. The molecular weight excluding hydrogens is 468 g/mol. The van der Waals surface area contributed by atoms with Crippen molar-refractivity contribution in [1.29, 1.82) is 0 Å². The normalized spacial score (nSPS) is 17.4. The van der Waals surface area contributed by atoms with Crippen molar-refractivity contribution in [3.63, 3.8) is 0 Å². The molecule has 2 fully saturated rings. The number of nitrogens with zero attached hydrogens (tertiary/aromatic N) is 2. The summed E-state index contributed by atoms with van der Waals surface area (Å²) in [6, 6.07) is 9.21. The number of hydrogen-bond donors (Lipinski definition) is 4. The van der Waals surface area contributed by atoms with Gasteiger partial charge >= 0.3 is 12.1 Å². The van der Waals surface area contributed by atoms with Gasteiger partial charge in [-0.2, -0.15) is 0 Å². The quantitative estimate of drug-likeness (QED) is 0.365. The van der Waals surface area contributed by atoms with Crippen LogP contribution in [0.1, 0.15) is 11.1 Å². The molecule has 182 valence electrons. The molecule has 2 heterocycles. The minimum Gasteiger partial charge on any atom is -0.277 e. The third-order valence-electron chi connectivity index (χ3n) is 5.53. The molecule has 2 aliphatic heterocycles. The van der Waals surface area contributed by atoms with Crippen molar-refractivity contribution < 1.29 is 28.8 Å². The van der Waals surface area contributed by atoms with E-state index in [1.807, 2.05) is 59.4 Å². The minimum absolute atomic E-state index is 0.553. The summed E-state index contributed by atoms with van der Waals surface area (Å²) >= 11 is 0. The molecule has 4 N–H and O–H groups in total. The van der Waals surface area contributed by atoms with Gasteiger partial charge in [0.1, 0.15) is 0 Å². The van der Waals surface area contributed by atoms with Crippen molar-refractivity contribution in [2.75, 3.05) is 0 Å². The van der Waals surface area contributed by atoms with Gasteiger partial charge in [-0.15, -0.1) is 0 Å². The molecule has 2 aromatic carbocycles. The number of aryl methyl sites for hydroxylation is 2. The summed E-state index contributed by atoms with van der Waals surface area (Å²) in [5.41, 5.74) is 4.45. The van der Waals surface area contributed by atoms with Gasteiger partial charge in [0.2, 0.25) is 23.6 Å².